The van der Waals surface area contributed by atoms with Gasteiger partial charge in [0.2, 0.25) is 0 Å². The van der Waals surface area contributed by atoms with Gasteiger partial charge in [0.1, 0.15) is 0 Å². The summed E-state index contributed by atoms with van der Waals surface area (Å²) in [6.45, 7) is 1.89. The van der Waals surface area contributed by atoms with Crippen LogP contribution in [0.1, 0.15) is 6.92 Å². The molecule has 0 amide bonds. The quantitative estimate of drug-likeness (QED) is 0.372. The van der Waals surface area contributed by atoms with Crippen LogP contribution in [0.15, 0.2) is 5.10 Å². The molecule has 1 rings (SSSR count). The van der Waals surface area contributed by atoms with Gasteiger partial charge in [-0.3, -0.25) is 5.43 Å². The zero-order chi connectivity index (χ0) is 8.97. The van der Waals surface area contributed by atoms with E-state index in [1.54, 1.807) is 0 Å². The minimum Gasteiger partial charge on any atom is -0.375 e. The lowest BCUT2D eigenvalue weighted by molar-refractivity contribution is 1.02. The van der Waals surface area contributed by atoms with E-state index in [0.717, 1.165) is 11.6 Å². The lowest BCUT2D eigenvalue weighted by atomic mass is 10.0. The standard InChI is InChI=1S/C8H10N3S/c1-6(10-11-8(9)12)7-4-2-3-5-7/h2-5H,1H3,(H3,9,11,12)/b10-6-. The van der Waals surface area contributed by atoms with Gasteiger partial charge in [-0.1, -0.05) is 0 Å². The molecule has 1 aliphatic rings. The third kappa shape index (κ3) is 2.77. The first-order valence-electron chi connectivity index (χ1n) is 3.52. The summed E-state index contributed by atoms with van der Waals surface area (Å²) >= 11 is 4.60. The number of nitrogens with one attached hydrogen (secondary N) is 1. The van der Waals surface area contributed by atoms with Crippen molar-refractivity contribution in [3.8, 4) is 0 Å². The van der Waals surface area contributed by atoms with E-state index in [1.807, 2.05) is 32.6 Å². The Labute approximate surface area is 78.4 Å². The maximum Gasteiger partial charge on any atom is 0.184 e. The van der Waals surface area contributed by atoms with E-state index in [-0.39, 0.29) is 5.11 Å². The van der Waals surface area contributed by atoms with Crippen LogP contribution in [0.2, 0.25) is 0 Å². The van der Waals surface area contributed by atoms with Crippen LogP contribution in [0.4, 0.5) is 0 Å². The molecule has 3 N–H and O–H groups in total. The Morgan fingerprint density at radius 1 is 1.50 bits per heavy atom. The van der Waals surface area contributed by atoms with Gasteiger partial charge in [0, 0.05) is 11.6 Å². The highest BCUT2D eigenvalue weighted by atomic mass is 32.1. The Morgan fingerprint density at radius 2 is 2.08 bits per heavy atom. The van der Waals surface area contributed by atoms with Gasteiger partial charge in [-0.05, 0) is 44.8 Å². The summed E-state index contributed by atoms with van der Waals surface area (Å²) in [5, 5.41) is 4.15. The molecule has 4 heteroatoms. The smallest absolute Gasteiger partial charge is 0.184 e. The van der Waals surface area contributed by atoms with E-state index >= 15 is 0 Å². The summed E-state index contributed by atoms with van der Waals surface area (Å²) in [6.07, 6.45) is 7.85. The van der Waals surface area contributed by atoms with Crippen LogP contribution in [0.3, 0.4) is 0 Å². The molecule has 0 aromatic rings. The SMILES string of the molecule is C/C(=N/NC(N)=S)[C]1[CH][CH][CH][CH]1. The van der Waals surface area contributed by atoms with Crippen LogP contribution in [0.25, 0.3) is 0 Å². The highest BCUT2D eigenvalue weighted by Crippen LogP contribution is 2.23. The topological polar surface area (TPSA) is 50.4 Å². The number of thiocarbonyl (C=S) groups is 1. The zero-order valence-corrected chi connectivity index (χ0v) is 7.56. The fourth-order valence-electron chi connectivity index (χ4n) is 0.819. The predicted molar refractivity (Wildman–Crippen MR) is 53.5 cm³/mol. The summed E-state index contributed by atoms with van der Waals surface area (Å²) in [4.78, 5) is 0. The molecule has 0 atom stereocenters. The van der Waals surface area contributed by atoms with E-state index in [9.17, 15) is 0 Å². The van der Waals surface area contributed by atoms with Crippen LogP contribution in [0.5, 0.6) is 0 Å². The molecule has 1 fully saturated rings. The highest BCUT2D eigenvalue weighted by molar-refractivity contribution is 7.80. The van der Waals surface area contributed by atoms with Crippen molar-refractivity contribution in [3.05, 3.63) is 31.6 Å². The molecule has 1 aliphatic carbocycles. The minimum absolute atomic E-state index is 0.181. The summed E-state index contributed by atoms with van der Waals surface area (Å²) < 4.78 is 0. The average Bonchev–Trinajstić information content (AvgIpc) is 2.51. The maximum absolute atomic E-state index is 5.21. The fourth-order valence-corrected chi connectivity index (χ4v) is 0.864. The third-order valence-corrected chi connectivity index (χ3v) is 1.51. The number of nitrogens with two attached hydrogens (primary N) is 1. The van der Waals surface area contributed by atoms with Gasteiger partial charge in [0.15, 0.2) is 5.11 Å². The molecule has 0 bridgehead atoms. The molecular weight excluding hydrogens is 170 g/mol. The Hall–Kier alpha value is -0.640. The van der Waals surface area contributed by atoms with Gasteiger partial charge in [0.25, 0.3) is 0 Å². The molecule has 1 saturated carbocycles. The zero-order valence-electron chi connectivity index (χ0n) is 6.74. The second-order valence-corrected chi connectivity index (χ2v) is 2.79. The predicted octanol–water partition coefficient (Wildman–Crippen LogP) is 0.601. The van der Waals surface area contributed by atoms with Crippen LogP contribution in [-0.2, 0) is 0 Å². The fraction of sp³-hybridized carbons (Fsp3) is 0.125. The van der Waals surface area contributed by atoms with E-state index in [1.165, 1.54) is 0 Å². The van der Waals surface area contributed by atoms with Gasteiger partial charge in [0.05, 0.1) is 0 Å². The maximum atomic E-state index is 5.21. The molecule has 0 aromatic carbocycles. The lowest BCUT2D eigenvalue weighted by Crippen LogP contribution is -2.26. The molecule has 63 valence electrons. The minimum atomic E-state index is 0.181. The second-order valence-electron chi connectivity index (χ2n) is 2.35. The Balaban J connectivity index is 2.39. The third-order valence-electron chi connectivity index (χ3n) is 1.41. The van der Waals surface area contributed by atoms with Crippen LogP contribution in [0, 0.1) is 31.6 Å². The van der Waals surface area contributed by atoms with Crippen LogP contribution >= 0.6 is 12.2 Å². The number of nitrogens with zero attached hydrogens (tertiary/aromatic N) is 1. The van der Waals surface area contributed by atoms with Crippen LogP contribution < -0.4 is 11.2 Å². The van der Waals surface area contributed by atoms with E-state index < -0.39 is 0 Å². The molecule has 3 nitrogen and oxygen atoms in total. The van der Waals surface area contributed by atoms with Gasteiger partial charge in [-0.15, -0.1) is 0 Å². The molecule has 5 radical (unpaired) electrons. The van der Waals surface area contributed by atoms with Crippen molar-refractivity contribution < 1.29 is 0 Å². The molecule has 0 unspecified atom stereocenters. The van der Waals surface area contributed by atoms with Gasteiger partial charge >= 0.3 is 0 Å². The molecule has 0 spiro atoms. The van der Waals surface area contributed by atoms with E-state index in [0.29, 0.717) is 0 Å². The van der Waals surface area contributed by atoms with Crippen LogP contribution in [-0.4, -0.2) is 10.8 Å². The summed E-state index contributed by atoms with van der Waals surface area (Å²) in [7, 11) is 0. The molecular formula is C8H10N3S. The number of hydrogen-bond donors (Lipinski definition) is 2. The summed E-state index contributed by atoms with van der Waals surface area (Å²) in [6, 6.07) is 0. The Kier molecular flexibility index (Phi) is 3.47. The van der Waals surface area contributed by atoms with Gasteiger partial charge in [-0.25, -0.2) is 0 Å². The normalized spacial score (nSPS) is 19.6. The second kappa shape index (κ2) is 4.40. The lowest BCUT2D eigenvalue weighted by Gasteiger charge is -2.06. The van der Waals surface area contributed by atoms with Crippen molar-refractivity contribution in [1.29, 1.82) is 0 Å². The molecule has 12 heavy (non-hydrogen) atoms. The first-order chi connectivity index (χ1) is 5.70. The Bertz CT molecular complexity index is 194. The van der Waals surface area contributed by atoms with E-state index in [2.05, 4.69) is 22.7 Å². The van der Waals surface area contributed by atoms with Crippen molar-refractivity contribution in [2.75, 3.05) is 0 Å². The van der Waals surface area contributed by atoms with Crippen molar-refractivity contribution in [2.45, 2.75) is 6.92 Å². The molecule has 0 heterocycles. The van der Waals surface area contributed by atoms with Gasteiger partial charge < -0.3 is 5.73 Å². The number of hydrazone groups is 1. The van der Waals surface area contributed by atoms with Crippen molar-refractivity contribution in [1.82, 2.24) is 5.43 Å². The molecule has 0 aliphatic heterocycles. The molecule has 0 aromatic heterocycles. The first-order valence-corrected chi connectivity index (χ1v) is 3.93. The Morgan fingerprint density at radius 3 is 2.58 bits per heavy atom. The summed E-state index contributed by atoms with van der Waals surface area (Å²) in [5.74, 6) is 1.07. The number of hydrogen-bond acceptors (Lipinski definition) is 2. The van der Waals surface area contributed by atoms with Crippen molar-refractivity contribution >= 4 is 23.0 Å². The van der Waals surface area contributed by atoms with Crippen molar-refractivity contribution in [2.24, 2.45) is 10.8 Å². The number of rotatable bonds is 2. The monoisotopic (exact) mass is 180 g/mol. The van der Waals surface area contributed by atoms with Crippen molar-refractivity contribution in [3.63, 3.8) is 0 Å². The first kappa shape index (κ1) is 9.45. The summed E-state index contributed by atoms with van der Waals surface area (Å²) in [5.41, 5.74) is 8.61. The highest BCUT2D eigenvalue weighted by Gasteiger charge is 2.19. The average molecular weight is 180 g/mol. The van der Waals surface area contributed by atoms with E-state index in [4.69, 9.17) is 5.73 Å². The molecule has 0 saturated heterocycles. The largest absolute Gasteiger partial charge is 0.375 e. The van der Waals surface area contributed by atoms with Gasteiger partial charge in [-0.2, -0.15) is 5.10 Å².